The summed E-state index contributed by atoms with van der Waals surface area (Å²) in [6.07, 6.45) is 4.87. The van der Waals surface area contributed by atoms with E-state index in [0.717, 1.165) is 17.1 Å². The zero-order valence-corrected chi connectivity index (χ0v) is 11.8. The van der Waals surface area contributed by atoms with Gasteiger partial charge in [-0.05, 0) is 35.8 Å². The van der Waals surface area contributed by atoms with Gasteiger partial charge in [0.1, 0.15) is 16.3 Å². The Labute approximate surface area is 124 Å². The summed E-state index contributed by atoms with van der Waals surface area (Å²) in [5.41, 5.74) is 7.85. The molecule has 3 aromatic rings. The molecule has 0 atom stereocenters. The Balaban J connectivity index is 1.77. The van der Waals surface area contributed by atoms with Crippen LogP contribution >= 0.6 is 11.5 Å². The van der Waals surface area contributed by atoms with Gasteiger partial charge in [-0.2, -0.15) is 4.37 Å². The van der Waals surface area contributed by atoms with E-state index in [-0.39, 0.29) is 5.91 Å². The number of pyridine rings is 1. The fourth-order valence-corrected chi connectivity index (χ4v) is 2.58. The van der Waals surface area contributed by atoms with Crippen molar-refractivity contribution >= 4 is 23.1 Å². The molecule has 21 heavy (non-hydrogen) atoms. The summed E-state index contributed by atoms with van der Waals surface area (Å²) in [5, 5.41) is 2.75. The second kappa shape index (κ2) is 5.76. The van der Waals surface area contributed by atoms with E-state index in [4.69, 9.17) is 10.2 Å². The maximum Gasteiger partial charge on any atom is 0.265 e. The van der Waals surface area contributed by atoms with E-state index in [1.807, 2.05) is 0 Å². The summed E-state index contributed by atoms with van der Waals surface area (Å²) in [5.74, 6) is 0.419. The average molecular weight is 300 g/mol. The second-order valence-electron chi connectivity index (χ2n) is 4.27. The second-order valence-corrected chi connectivity index (χ2v) is 5.05. The number of furan rings is 1. The van der Waals surface area contributed by atoms with Gasteiger partial charge in [-0.15, -0.1) is 0 Å². The van der Waals surface area contributed by atoms with E-state index in [9.17, 15) is 4.79 Å². The van der Waals surface area contributed by atoms with Crippen molar-refractivity contribution < 1.29 is 9.21 Å². The smallest absolute Gasteiger partial charge is 0.265 e. The van der Waals surface area contributed by atoms with Crippen LogP contribution in [0.4, 0.5) is 5.69 Å². The van der Waals surface area contributed by atoms with Crippen LogP contribution < -0.4 is 11.1 Å². The van der Waals surface area contributed by atoms with Crippen molar-refractivity contribution in [3.8, 4) is 11.3 Å². The van der Waals surface area contributed by atoms with Gasteiger partial charge in [-0.1, -0.05) is 0 Å². The minimum absolute atomic E-state index is 0.262. The molecule has 0 aromatic carbocycles. The fraction of sp³-hybridized carbons (Fsp3) is 0.0714. The van der Waals surface area contributed by atoms with Crippen molar-refractivity contribution in [3.63, 3.8) is 0 Å². The zero-order valence-electron chi connectivity index (χ0n) is 10.9. The van der Waals surface area contributed by atoms with Crippen LogP contribution in [0.1, 0.15) is 15.4 Å². The molecule has 0 bridgehead atoms. The lowest BCUT2D eigenvalue weighted by atomic mass is 10.1. The number of nitrogen functional groups attached to an aromatic ring is 1. The predicted molar refractivity (Wildman–Crippen MR) is 79.6 cm³/mol. The molecule has 0 radical (unpaired) electrons. The number of nitrogens with zero attached hydrogens (tertiary/aromatic N) is 2. The third-order valence-electron chi connectivity index (χ3n) is 2.89. The molecule has 3 N–H and O–H groups in total. The Kier molecular flexibility index (Phi) is 3.65. The van der Waals surface area contributed by atoms with E-state index in [0.29, 0.717) is 28.6 Å². The molecule has 0 aliphatic heterocycles. The van der Waals surface area contributed by atoms with Crippen molar-refractivity contribution in [1.82, 2.24) is 14.7 Å². The topological polar surface area (TPSA) is 94.0 Å². The van der Waals surface area contributed by atoms with Gasteiger partial charge in [0.25, 0.3) is 5.91 Å². The maximum atomic E-state index is 12.1. The molecule has 0 saturated carbocycles. The molecular weight excluding hydrogens is 288 g/mol. The molecule has 3 aromatic heterocycles. The van der Waals surface area contributed by atoms with Crippen molar-refractivity contribution in [2.75, 3.05) is 5.73 Å². The molecule has 0 unspecified atom stereocenters. The molecule has 6 nitrogen and oxygen atoms in total. The number of hydrogen-bond acceptors (Lipinski definition) is 6. The molecule has 3 heterocycles. The summed E-state index contributed by atoms with van der Waals surface area (Å²) in [6.45, 7) is 0.313. The predicted octanol–water partition coefficient (Wildman–Crippen LogP) is 2.31. The first-order chi connectivity index (χ1) is 10.3. The summed E-state index contributed by atoms with van der Waals surface area (Å²) < 4.78 is 9.42. The van der Waals surface area contributed by atoms with Crippen LogP contribution in [0, 0.1) is 0 Å². The highest BCUT2D eigenvalue weighted by Crippen LogP contribution is 2.30. The Morgan fingerprint density at radius 2 is 2.14 bits per heavy atom. The monoisotopic (exact) mass is 300 g/mol. The van der Waals surface area contributed by atoms with Gasteiger partial charge in [0, 0.05) is 18.0 Å². The zero-order chi connectivity index (χ0) is 14.7. The first-order valence-electron chi connectivity index (χ1n) is 6.22. The SMILES string of the molecule is Nc1c(-c2ccncc2)nsc1C(=O)NCc1ccco1. The number of hydrogen-bond donors (Lipinski definition) is 2. The van der Waals surface area contributed by atoms with Crippen LogP contribution in [0.25, 0.3) is 11.3 Å². The van der Waals surface area contributed by atoms with E-state index in [1.165, 1.54) is 0 Å². The highest BCUT2D eigenvalue weighted by atomic mass is 32.1. The molecular formula is C14H12N4O2S. The van der Waals surface area contributed by atoms with Crippen LogP contribution in [0.3, 0.4) is 0 Å². The van der Waals surface area contributed by atoms with Crippen molar-refractivity contribution in [2.45, 2.75) is 6.54 Å². The summed E-state index contributed by atoms with van der Waals surface area (Å²) >= 11 is 1.08. The first kappa shape index (κ1) is 13.3. The minimum Gasteiger partial charge on any atom is -0.467 e. The average Bonchev–Trinajstić information content (AvgIpc) is 3.15. The third-order valence-corrected chi connectivity index (χ3v) is 3.75. The van der Waals surface area contributed by atoms with Gasteiger partial charge < -0.3 is 15.5 Å². The largest absolute Gasteiger partial charge is 0.467 e. The van der Waals surface area contributed by atoms with Gasteiger partial charge in [-0.25, -0.2) is 0 Å². The highest BCUT2D eigenvalue weighted by molar-refractivity contribution is 7.09. The van der Waals surface area contributed by atoms with Gasteiger partial charge in [0.05, 0.1) is 18.5 Å². The molecule has 0 aliphatic rings. The van der Waals surface area contributed by atoms with E-state index < -0.39 is 0 Å². The summed E-state index contributed by atoms with van der Waals surface area (Å²) in [7, 11) is 0. The molecule has 0 saturated heterocycles. The molecule has 0 aliphatic carbocycles. The maximum absolute atomic E-state index is 12.1. The molecule has 106 valence electrons. The number of aromatic nitrogens is 2. The molecule has 7 heteroatoms. The summed E-state index contributed by atoms with van der Waals surface area (Å²) in [4.78, 5) is 16.5. The molecule has 1 amide bonds. The van der Waals surface area contributed by atoms with Crippen LogP contribution in [-0.4, -0.2) is 15.3 Å². The van der Waals surface area contributed by atoms with Gasteiger partial charge in [0.2, 0.25) is 0 Å². The van der Waals surface area contributed by atoms with Gasteiger partial charge in [-0.3, -0.25) is 9.78 Å². The van der Waals surface area contributed by atoms with Gasteiger partial charge >= 0.3 is 0 Å². The standard InChI is InChI=1S/C14H12N4O2S/c15-11-12(9-3-5-16-6-4-9)18-21-13(11)14(19)17-8-10-2-1-7-20-10/h1-7H,8,15H2,(H,17,19). The Morgan fingerprint density at radius 1 is 1.33 bits per heavy atom. The van der Waals surface area contributed by atoms with E-state index in [2.05, 4.69) is 14.7 Å². The molecule has 0 spiro atoms. The minimum atomic E-state index is -0.262. The van der Waals surface area contributed by atoms with E-state index >= 15 is 0 Å². The number of carbonyl (C=O) groups excluding carboxylic acids is 1. The summed E-state index contributed by atoms with van der Waals surface area (Å²) in [6, 6.07) is 7.16. The van der Waals surface area contributed by atoms with Crippen LogP contribution in [0.15, 0.2) is 47.3 Å². The van der Waals surface area contributed by atoms with Crippen molar-refractivity contribution in [1.29, 1.82) is 0 Å². The number of nitrogens with two attached hydrogens (primary N) is 1. The molecule has 3 rings (SSSR count). The normalized spacial score (nSPS) is 10.5. The Bertz CT molecular complexity index is 738. The lowest BCUT2D eigenvalue weighted by Gasteiger charge is -2.02. The van der Waals surface area contributed by atoms with Crippen LogP contribution in [0.2, 0.25) is 0 Å². The fourth-order valence-electron chi connectivity index (χ4n) is 1.84. The number of anilines is 1. The molecule has 0 fully saturated rings. The van der Waals surface area contributed by atoms with Crippen molar-refractivity contribution in [3.05, 3.63) is 53.6 Å². The van der Waals surface area contributed by atoms with Gasteiger partial charge in [0.15, 0.2) is 0 Å². The van der Waals surface area contributed by atoms with E-state index in [1.54, 1.807) is 42.9 Å². The quantitative estimate of drug-likeness (QED) is 0.771. The van der Waals surface area contributed by atoms with Crippen molar-refractivity contribution in [2.24, 2.45) is 0 Å². The number of rotatable bonds is 4. The number of amides is 1. The number of nitrogens with one attached hydrogen (secondary N) is 1. The highest BCUT2D eigenvalue weighted by Gasteiger charge is 2.18. The first-order valence-corrected chi connectivity index (χ1v) is 6.99. The third kappa shape index (κ3) is 2.77. The lowest BCUT2D eigenvalue weighted by molar-refractivity contribution is 0.0953. The van der Waals surface area contributed by atoms with Crippen LogP contribution in [-0.2, 0) is 6.54 Å². The Hall–Kier alpha value is -2.67. The Morgan fingerprint density at radius 3 is 2.86 bits per heavy atom. The lowest BCUT2D eigenvalue weighted by Crippen LogP contribution is -2.22. The number of carbonyl (C=O) groups is 1. The van der Waals surface area contributed by atoms with Crippen LogP contribution in [0.5, 0.6) is 0 Å².